The topological polar surface area (TPSA) is 76.4 Å². The number of nitrogens with one attached hydrogen (secondary N) is 1. The highest BCUT2D eigenvalue weighted by Gasteiger charge is 1.96. The molecule has 70 valence electrons. The van der Waals surface area contributed by atoms with Crippen LogP contribution in [-0.4, -0.2) is 12.9 Å². The Morgan fingerprint density at radius 2 is 2.00 bits per heavy atom. The van der Waals surface area contributed by atoms with E-state index < -0.39 is 0 Å². The lowest BCUT2D eigenvalue weighted by Crippen LogP contribution is -2.15. The largest absolute Gasteiger partial charge is 0.382 e. The van der Waals surface area contributed by atoms with Gasteiger partial charge in [-0.2, -0.15) is 5.10 Å². The standard InChI is InChI=1S/C9H14N4/c1-12-6-7-2-4-8(5-3-7)9(10)13-11/h2-5,12H,6,11H2,1H3,(H2,10,13). The second kappa shape index (κ2) is 4.47. The first kappa shape index (κ1) is 9.54. The third-order valence-electron chi connectivity index (χ3n) is 1.77. The SMILES string of the molecule is CNCc1ccc(C(N)=NN)cc1. The lowest BCUT2D eigenvalue weighted by Gasteiger charge is -2.02. The normalized spacial score (nSPS) is 11.6. The fourth-order valence-electron chi connectivity index (χ4n) is 1.07. The molecule has 0 fully saturated rings. The van der Waals surface area contributed by atoms with Crippen LogP contribution in [0.4, 0.5) is 0 Å². The highest BCUT2D eigenvalue weighted by Crippen LogP contribution is 2.03. The maximum Gasteiger partial charge on any atom is 0.150 e. The fraction of sp³-hybridized carbons (Fsp3) is 0.222. The van der Waals surface area contributed by atoms with E-state index in [-0.39, 0.29) is 0 Å². The molecular formula is C9H14N4. The molecule has 0 atom stereocenters. The van der Waals surface area contributed by atoms with E-state index in [2.05, 4.69) is 10.4 Å². The third kappa shape index (κ3) is 2.45. The zero-order valence-electron chi connectivity index (χ0n) is 7.62. The summed E-state index contributed by atoms with van der Waals surface area (Å²) in [6.45, 7) is 0.847. The Hall–Kier alpha value is -1.55. The van der Waals surface area contributed by atoms with E-state index in [0.717, 1.165) is 12.1 Å². The molecule has 0 aliphatic heterocycles. The number of nitrogens with two attached hydrogens (primary N) is 2. The van der Waals surface area contributed by atoms with E-state index in [1.807, 2.05) is 31.3 Å². The van der Waals surface area contributed by atoms with E-state index >= 15 is 0 Å². The Morgan fingerprint density at radius 1 is 1.38 bits per heavy atom. The molecule has 1 aromatic carbocycles. The minimum atomic E-state index is 0.357. The van der Waals surface area contributed by atoms with Crippen LogP contribution in [-0.2, 0) is 6.54 Å². The molecule has 0 spiro atoms. The maximum absolute atomic E-state index is 5.53. The van der Waals surface area contributed by atoms with Crippen LogP contribution < -0.4 is 16.9 Å². The molecule has 5 N–H and O–H groups in total. The second-order valence-corrected chi connectivity index (χ2v) is 2.74. The lowest BCUT2D eigenvalue weighted by atomic mass is 10.1. The average Bonchev–Trinajstić information content (AvgIpc) is 2.18. The highest BCUT2D eigenvalue weighted by atomic mass is 15.1. The lowest BCUT2D eigenvalue weighted by molar-refractivity contribution is 0.818. The summed E-state index contributed by atoms with van der Waals surface area (Å²) >= 11 is 0. The molecule has 13 heavy (non-hydrogen) atoms. The van der Waals surface area contributed by atoms with Gasteiger partial charge in [0.15, 0.2) is 0 Å². The number of benzene rings is 1. The molecule has 0 unspecified atom stereocenters. The fourth-order valence-corrected chi connectivity index (χ4v) is 1.07. The molecule has 0 bridgehead atoms. The molecule has 4 heteroatoms. The van der Waals surface area contributed by atoms with Crippen LogP contribution >= 0.6 is 0 Å². The number of hydrogen-bond acceptors (Lipinski definition) is 3. The van der Waals surface area contributed by atoms with Crippen molar-refractivity contribution in [2.24, 2.45) is 16.7 Å². The van der Waals surface area contributed by atoms with Crippen molar-refractivity contribution in [2.45, 2.75) is 6.54 Å². The van der Waals surface area contributed by atoms with Gasteiger partial charge in [-0.05, 0) is 12.6 Å². The van der Waals surface area contributed by atoms with Gasteiger partial charge >= 0.3 is 0 Å². The van der Waals surface area contributed by atoms with Crippen molar-refractivity contribution in [3.05, 3.63) is 35.4 Å². The molecule has 0 aromatic heterocycles. The Morgan fingerprint density at radius 3 is 2.46 bits per heavy atom. The highest BCUT2D eigenvalue weighted by molar-refractivity contribution is 5.97. The van der Waals surface area contributed by atoms with Gasteiger partial charge < -0.3 is 16.9 Å². The minimum Gasteiger partial charge on any atom is -0.382 e. The summed E-state index contributed by atoms with van der Waals surface area (Å²) in [5.74, 6) is 5.41. The molecule has 0 radical (unpaired) electrons. The number of amidine groups is 1. The van der Waals surface area contributed by atoms with E-state index in [1.54, 1.807) is 0 Å². The monoisotopic (exact) mass is 178 g/mol. The molecule has 0 amide bonds. The summed E-state index contributed by atoms with van der Waals surface area (Å²) in [7, 11) is 1.91. The van der Waals surface area contributed by atoms with Crippen molar-refractivity contribution in [1.82, 2.24) is 5.32 Å². The van der Waals surface area contributed by atoms with E-state index in [4.69, 9.17) is 11.6 Å². The Labute approximate surface area is 77.6 Å². The second-order valence-electron chi connectivity index (χ2n) is 2.74. The van der Waals surface area contributed by atoms with Crippen LogP contribution in [0.1, 0.15) is 11.1 Å². The molecule has 0 saturated carbocycles. The van der Waals surface area contributed by atoms with Crippen molar-refractivity contribution in [2.75, 3.05) is 7.05 Å². The third-order valence-corrected chi connectivity index (χ3v) is 1.77. The summed E-state index contributed by atoms with van der Waals surface area (Å²) in [6.07, 6.45) is 0. The predicted molar refractivity (Wildman–Crippen MR) is 54.1 cm³/mol. The van der Waals surface area contributed by atoms with Gasteiger partial charge in [0.05, 0.1) is 0 Å². The molecule has 0 aliphatic carbocycles. The number of hydrogen-bond donors (Lipinski definition) is 3. The van der Waals surface area contributed by atoms with Crippen molar-refractivity contribution in [3.8, 4) is 0 Å². The molecule has 1 rings (SSSR count). The maximum atomic E-state index is 5.53. The van der Waals surface area contributed by atoms with Crippen LogP contribution in [0.25, 0.3) is 0 Å². The minimum absolute atomic E-state index is 0.357. The molecule has 0 aliphatic rings. The average molecular weight is 178 g/mol. The zero-order chi connectivity index (χ0) is 9.68. The molecular weight excluding hydrogens is 164 g/mol. The van der Waals surface area contributed by atoms with Gasteiger partial charge in [0.25, 0.3) is 0 Å². The zero-order valence-corrected chi connectivity index (χ0v) is 7.62. The number of nitrogens with zero attached hydrogens (tertiary/aromatic N) is 1. The molecule has 0 saturated heterocycles. The molecule has 1 aromatic rings. The van der Waals surface area contributed by atoms with Gasteiger partial charge in [-0.25, -0.2) is 0 Å². The number of hydrazone groups is 1. The summed E-state index contributed by atoms with van der Waals surface area (Å²) in [6, 6.07) is 7.78. The predicted octanol–water partition coefficient (Wildman–Crippen LogP) is -0.0150. The summed E-state index contributed by atoms with van der Waals surface area (Å²) < 4.78 is 0. The van der Waals surface area contributed by atoms with Crippen LogP contribution in [0.5, 0.6) is 0 Å². The van der Waals surface area contributed by atoms with Crippen molar-refractivity contribution in [3.63, 3.8) is 0 Å². The van der Waals surface area contributed by atoms with E-state index in [0.29, 0.717) is 5.84 Å². The van der Waals surface area contributed by atoms with Crippen molar-refractivity contribution < 1.29 is 0 Å². The first-order valence-corrected chi connectivity index (χ1v) is 4.05. The van der Waals surface area contributed by atoms with Gasteiger partial charge in [0.1, 0.15) is 5.84 Å². The summed E-state index contributed by atoms with van der Waals surface area (Å²) in [5.41, 5.74) is 7.58. The van der Waals surface area contributed by atoms with Gasteiger partial charge in [-0.3, -0.25) is 0 Å². The van der Waals surface area contributed by atoms with Crippen molar-refractivity contribution >= 4 is 5.84 Å². The van der Waals surface area contributed by atoms with E-state index in [9.17, 15) is 0 Å². The van der Waals surface area contributed by atoms with Gasteiger partial charge in [-0.15, -0.1) is 0 Å². The Kier molecular flexibility index (Phi) is 3.28. The summed E-state index contributed by atoms with van der Waals surface area (Å²) in [4.78, 5) is 0. The van der Waals surface area contributed by atoms with Gasteiger partial charge in [0.2, 0.25) is 0 Å². The van der Waals surface area contributed by atoms with Gasteiger partial charge in [-0.1, -0.05) is 24.3 Å². The smallest absolute Gasteiger partial charge is 0.150 e. The van der Waals surface area contributed by atoms with Crippen LogP contribution in [0, 0.1) is 0 Å². The molecule has 4 nitrogen and oxygen atoms in total. The van der Waals surface area contributed by atoms with E-state index in [1.165, 1.54) is 5.56 Å². The summed E-state index contributed by atoms with van der Waals surface area (Å²) in [5, 5.41) is 6.47. The van der Waals surface area contributed by atoms with Crippen LogP contribution in [0.3, 0.4) is 0 Å². The first-order valence-electron chi connectivity index (χ1n) is 4.05. The first-order chi connectivity index (χ1) is 6.27. The van der Waals surface area contributed by atoms with Gasteiger partial charge in [0, 0.05) is 12.1 Å². The Bertz CT molecular complexity index is 289. The molecule has 0 heterocycles. The van der Waals surface area contributed by atoms with Crippen molar-refractivity contribution in [1.29, 1.82) is 0 Å². The number of rotatable bonds is 3. The van der Waals surface area contributed by atoms with Crippen LogP contribution in [0.15, 0.2) is 29.4 Å². The van der Waals surface area contributed by atoms with Crippen LogP contribution in [0.2, 0.25) is 0 Å². The quantitative estimate of drug-likeness (QED) is 0.263. The Balaban J connectivity index is 2.81.